The van der Waals surface area contributed by atoms with Crippen LogP contribution in [0, 0.1) is 6.07 Å². The Bertz CT molecular complexity index is 270. The van der Waals surface area contributed by atoms with E-state index in [0.29, 0.717) is 0 Å². The first-order valence-electron chi connectivity index (χ1n) is 5.47. The minimum Gasteiger partial charge on any atom is -0.492 e. The van der Waals surface area contributed by atoms with Crippen LogP contribution in [0.15, 0.2) is 24.3 Å². The molecule has 3 nitrogen and oxygen atoms in total. The quantitative estimate of drug-likeness (QED) is 0.786. The van der Waals surface area contributed by atoms with Gasteiger partial charge in [-0.05, 0) is 18.2 Å². The maximum atomic E-state index is 5.63. The molecule has 0 aromatic heterocycles. The molecule has 1 aromatic carbocycles. The first-order chi connectivity index (χ1) is 7.45. The number of nitrogens with one attached hydrogen (secondary N) is 1. The fourth-order valence-corrected chi connectivity index (χ4v) is 1.70. The van der Waals surface area contributed by atoms with Gasteiger partial charge in [0.25, 0.3) is 0 Å². The molecule has 1 saturated heterocycles. The summed E-state index contributed by atoms with van der Waals surface area (Å²) in [7, 11) is 0. The molecule has 3 heteroatoms. The molecule has 0 saturated carbocycles. The van der Waals surface area contributed by atoms with Gasteiger partial charge in [0.2, 0.25) is 0 Å². The van der Waals surface area contributed by atoms with Crippen LogP contribution >= 0.6 is 0 Å². The fraction of sp³-hybridized carbons (Fsp3) is 0.500. The number of ether oxygens (including phenoxy) is 1. The Morgan fingerprint density at radius 2 is 2.00 bits per heavy atom. The smallest absolute Gasteiger partial charge is 0.119 e. The first-order valence-corrected chi connectivity index (χ1v) is 5.47. The van der Waals surface area contributed by atoms with Crippen molar-refractivity contribution < 1.29 is 4.74 Å². The zero-order valence-electron chi connectivity index (χ0n) is 8.91. The van der Waals surface area contributed by atoms with Gasteiger partial charge in [-0.25, -0.2) is 0 Å². The Morgan fingerprint density at radius 3 is 2.73 bits per heavy atom. The van der Waals surface area contributed by atoms with Crippen molar-refractivity contribution in [2.45, 2.75) is 0 Å². The number of nitrogens with zero attached hydrogens (tertiary/aromatic N) is 1. The summed E-state index contributed by atoms with van der Waals surface area (Å²) in [5, 5.41) is 3.34. The zero-order valence-corrected chi connectivity index (χ0v) is 8.91. The van der Waals surface area contributed by atoms with E-state index in [1.807, 2.05) is 24.3 Å². The van der Waals surface area contributed by atoms with Gasteiger partial charge in [-0.1, -0.05) is 12.1 Å². The first kappa shape index (κ1) is 10.5. The van der Waals surface area contributed by atoms with E-state index in [-0.39, 0.29) is 0 Å². The molecular weight excluding hydrogens is 188 g/mol. The van der Waals surface area contributed by atoms with Gasteiger partial charge in [-0.3, -0.25) is 4.90 Å². The molecule has 81 valence electrons. The third-order valence-corrected chi connectivity index (χ3v) is 2.57. The van der Waals surface area contributed by atoms with Gasteiger partial charge >= 0.3 is 0 Å². The summed E-state index contributed by atoms with van der Waals surface area (Å²) in [6, 6.07) is 10.6. The number of hydrogen-bond donors (Lipinski definition) is 1. The molecule has 0 bridgehead atoms. The second-order valence-electron chi connectivity index (χ2n) is 3.68. The van der Waals surface area contributed by atoms with E-state index in [1.165, 1.54) is 0 Å². The van der Waals surface area contributed by atoms with Gasteiger partial charge in [0.05, 0.1) is 0 Å². The average Bonchev–Trinajstić information content (AvgIpc) is 2.32. The summed E-state index contributed by atoms with van der Waals surface area (Å²) in [6.45, 7) is 6.24. The monoisotopic (exact) mass is 205 g/mol. The number of hydrogen-bond acceptors (Lipinski definition) is 3. The van der Waals surface area contributed by atoms with Crippen LogP contribution in [0.25, 0.3) is 0 Å². The van der Waals surface area contributed by atoms with Gasteiger partial charge in [0.15, 0.2) is 0 Å². The van der Waals surface area contributed by atoms with Crippen molar-refractivity contribution in [3.05, 3.63) is 30.3 Å². The summed E-state index contributed by atoms with van der Waals surface area (Å²) in [5.74, 6) is 0.934. The highest BCUT2D eigenvalue weighted by Gasteiger charge is 2.08. The van der Waals surface area contributed by atoms with Crippen LogP contribution < -0.4 is 10.1 Å². The Hall–Kier alpha value is -1.06. The van der Waals surface area contributed by atoms with Crippen LogP contribution in [0.2, 0.25) is 0 Å². The highest BCUT2D eigenvalue weighted by Crippen LogP contribution is 2.07. The second kappa shape index (κ2) is 5.73. The largest absolute Gasteiger partial charge is 0.492 e. The van der Waals surface area contributed by atoms with Gasteiger partial charge in [0, 0.05) is 32.7 Å². The lowest BCUT2D eigenvalue weighted by atomic mass is 10.3. The molecular formula is C12H17N2O. The molecule has 1 N–H and O–H groups in total. The lowest BCUT2D eigenvalue weighted by Gasteiger charge is -2.26. The van der Waals surface area contributed by atoms with Crippen LogP contribution in [0.1, 0.15) is 0 Å². The molecule has 1 aliphatic rings. The number of benzene rings is 1. The van der Waals surface area contributed by atoms with Crippen LogP contribution in [0.4, 0.5) is 0 Å². The highest BCUT2D eigenvalue weighted by molar-refractivity contribution is 5.20. The van der Waals surface area contributed by atoms with E-state index in [0.717, 1.165) is 45.1 Å². The molecule has 1 radical (unpaired) electrons. The van der Waals surface area contributed by atoms with Crippen molar-refractivity contribution in [1.29, 1.82) is 0 Å². The average molecular weight is 205 g/mol. The van der Waals surface area contributed by atoms with Crippen molar-refractivity contribution >= 4 is 0 Å². The van der Waals surface area contributed by atoms with Crippen molar-refractivity contribution in [2.24, 2.45) is 0 Å². The fourth-order valence-electron chi connectivity index (χ4n) is 1.70. The molecule has 0 atom stereocenters. The number of rotatable bonds is 4. The van der Waals surface area contributed by atoms with Crippen LogP contribution in [0.3, 0.4) is 0 Å². The van der Waals surface area contributed by atoms with E-state index < -0.39 is 0 Å². The molecule has 1 fully saturated rings. The zero-order chi connectivity index (χ0) is 10.3. The van der Waals surface area contributed by atoms with Gasteiger partial charge in [0.1, 0.15) is 12.4 Å². The molecule has 0 spiro atoms. The highest BCUT2D eigenvalue weighted by atomic mass is 16.5. The molecule has 1 aliphatic heterocycles. The molecule has 0 aliphatic carbocycles. The van der Waals surface area contributed by atoms with E-state index in [4.69, 9.17) is 4.74 Å². The number of piperazine rings is 1. The normalized spacial score (nSPS) is 17.6. The third-order valence-electron chi connectivity index (χ3n) is 2.57. The van der Waals surface area contributed by atoms with Crippen molar-refractivity contribution in [1.82, 2.24) is 10.2 Å². The second-order valence-corrected chi connectivity index (χ2v) is 3.68. The SMILES string of the molecule is [c]1ccc(OCCN2CCNCC2)cc1. The van der Waals surface area contributed by atoms with E-state index in [9.17, 15) is 0 Å². The maximum absolute atomic E-state index is 5.63. The lowest BCUT2D eigenvalue weighted by Crippen LogP contribution is -2.44. The van der Waals surface area contributed by atoms with Gasteiger partial charge < -0.3 is 10.1 Å². The van der Waals surface area contributed by atoms with Gasteiger partial charge in [-0.15, -0.1) is 0 Å². The Labute approximate surface area is 91.0 Å². The van der Waals surface area contributed by atoms with Crippen molar-refractivity contribution in [2.75, 3.05) is 39.3 Å². The topological polar surface area (TPSA) is 24.5 Å². The minimum atomic E-state index is 0.768. The standard InChI is InChI=1S/C12H17N2O/c1-2-4-12(5-3-1)15-11-10-14-8-6-13-7-9-14/h2-5,13H,6-11H2. The molecule has 1 aromatic rings. The van der Waals surface area contributed by atoms with Crippen molar-refractivity contribution in [3.8, 4) is 5.75 Å². The van der Waals surface area contributed by atoms with E-state index in [1.54, 1.807) is 0 Å². The van der Waals surface area contributed by atoms with Crippen LogP contribution in [-0.4, -0.2) is 44.2 Å². The minimum absolute atomic E-state index is 0.768. The summed E-state index contributed by atoms with van der Waals surface area (Å²) >= 11 is 0. The Morgan fingerprint density at radius 1 is 1.27 bits per heavy atom. The molecule has 0 amide bonds. The molecule has 2 rings (SSSR count). The molecule has 15 heavy (non-hydrogen) atoms. The predicted octanol–water partition coefficient (Wildman–Crippen LogP) is 0.771. The summed E-state index contributed by atoms with van der Waals surface area (Å²) in [4.78, 5) is 2.42. The lowest BCUT2D eigenvalue weighted by molar-refractivity contribution is 0.191. The van der Waals surface area contributed by atoms with Gasteiger partial charge in [-0.2, -0.15) is 0 Å². The molecule has 0 unspecified atom stereocenters. The predicted molar refractivity (Wildman–Crippen MR) is 60.1 cm³/mol. The molecule has 1 heterocycles. The maximum Gasteiger partial charge on any atom is 0.119 e. The summed E-state index contributed by atoms with van der Waals surface area (Å²) in [5.41, 5.74) is 0. The van der Waals surface area contributed by atoms with Crippen LogP contribution in [-0.2, 0) is 0 Å². The Balaban J connectivity index is 1.66. The van der Waals surface area contributed by atoms with Crippen LogP contribution in [0.5, 0.6) is 5.75 Å². The van der Waals surface area contributed by atoms with E-state index in [2.05, 4.69) is 16.3 Å². The summed E-state index contributed by atoms with van der Waals surface area (Å²) < 4.78 is 5.63. The third kappa shape index (κ3) is 3.53. The van der Waals surface area contributed by atoms with Crippen molar-refractivity contribution in [3.63, 3.8) is 0 Å². The summed E-state index contributed by atoms with van der Waals surface area (Å²) in [6.07, 6.45) is 0. The van der Waals surface area contributed by atoms with E-state index >= 15 is 0 Å². The Kier molecular flexibility index (Phi) is 4.00.